The quantitative estimate of drug-likeness (QED) is 0.749. The van der Waals surface area contributed by atoms with Gasteiger partial charge < -0.3 is 14.2 Å². The van der Waals surface area contributed by atoms with Gasteiger partial charge in [-0.3, -0.25) is 0 Å². The molecular weight excluding hydrogens is 228 g/mol. The summed E-state index contributed by atoms with van der Waals surface area (Å²) in [6, 6.07) is 3.90. The minimum Gasteiger partial charge on any atom is -0.493 e. The third kappa shape index (κ3) is 2.89. The molecule has 0 heterocycles. The van der Waals surface area contributed by atoms with Crippen molar-refractivity contribution in [2.75, 3.05) is 21.3 Å². The molecule has 1 atom stereocenters. The second-order valence-corrected chi connectivity index (χ2v) is 3.96. The Kier molecular flexibility index (Phi) is 5.38. The van der Waals surface area contributed by atoms with Crippen molar-refractivity contribution in [2.24, 2.45) is 0 Å². The summed E-state index contributed by atoms with van der Waals surface area (Å²) in [6.45, 7) is 3.96. The highest BCUT2D eigenvalue weighted by atomic mass is 16.5. The van der Waals surface area contributed by atoms with Crippen LogP contribution in [0.1, 0.15) is 31.7 Å². The Morgan fingerprint density at radius 1 is 1.06 bits per heavy atom. The van der Waals surface area contributed by atoms with Gasteiger partial charge in [0.05, 0.1) is 21.3 Å². The minimum atomic E-state index is 0.284. The van der Waals surface area contributed by atoms with E-state index in [1.54, 1.807) is 21.3 Å². The van der Waals surface area contributed by atoms with Gasteiger partial charge in [-0.2, -0.15) is 0 Å². The van der Waals surface area contributed by atoms with Crippen molar-refractivity contribution < 1.29 is 14.2 Å². The number of benzene rings is 1. The van der Waals surface area contributed by atoms with E-state index in [0.717, 1.165) is 17.7 Å². The Labute approximate surface area is 109 Å². The third-order valence-corrected chi connectivity index (χ3v) is 2.85. The number of ether oxygens (including phenoxy) is 3. The van der Waals surface area contributed by atoms with Crippen LogP contribution in [0.3, 0.4) is 0 Å². The molecule has 3 heteroatoms. The first-order chi connectivity index (χ1) is 8.69. The van der Waals surface area contributed by atoms with E-state index < -0.39 is 0 Å². The fourth-order valence-corrected chi connectivity index (χ4v) is 1.88. The van der Waals surface area contributed by atoms with E-state index >= 15 is 0 Å². The summed E-state index contributed by atoms with van der Waals surface area (Å²) in [7, 11) is 4.86. The van der Waals surface area contributed by atoms with Crippen LogP contribution in [-0.2, 0) is 0 Å². The highest BCUT2D eigenvalue weighted by molar-refractivity contribution is 5.56. The predicted octanol–water partition coefficient (Wildman–Crippen LogP) is 3.23. The lowest BCUT2D eigenvalue weighted by atomic mass is 9.96. The largest absolute Gasteiger partial charge is 0.493 e. The maximum atomic E-state index is 5.46. The molecule has 1 aromatic carbocycles. The lowest BCUT2D eigenvalue weighted by Gasteiger charge is -2.18. The number of methoxy groups -OCH3 is 3. The summed E-state index contributed by atoms with van der Waals surface area (Å²) in [6.07, 6.45) is 0.794. The van der Waals surface area contributed by atoms with E-state index in [9.17, 15) is 0 Å². The molecule has 3 nitrogen and oxygen atoms in total. The van der Waals surface area contributed by atoms with Crippen LogP contribution < -0.4 is 14.2 Å². The molecular formula is C15H20O3. The van der Waals surface area contributed by atoms with Crippen LogP contribution >= 0.6 is 0 Å². The Hall–Kier alpha value is -1.82. The number of hydrogen-bond donors (Lipinski definition) is 0. The highest BCUT2D eigenvalue weighted by Gasteiger charge is 2.18. The lowest BCUT2D eigenvalue weighted by Crippen LogP contribution is -2.01. The zero-order chi connectivity index (χ0) is 13.5. The average molecular weight is 248 g/mol. The van der Waals surface area contributed by atoms with E-state index in [2.05, 4.69) is 18.8 Å². The van der Waals surface area contributed by atoms with E-state index in [1.807, 2.05) is 19.1 Å². The maximum absolute atomic E-state index is 5.46. The SMILES string of the molecule is CC#CCC(C)c1ccc(OC)c(OC)c1OC. The van der Waals surface area contributed by atoms with Gasteiger partial charge in [-0.25, -0.2) is 0 Å². The van der Waals surface area contributed by atoms with Gasteiger partial charge in [0.2, 0.25) is 5.75 Å². The van der Waals surface area contributed by atoms with Gasteiger partial charge in [-0.1, -0.05) is 13.0 Å². The minimum absolute atomic E-state index is 0.284. The normalized spacial score (nSPS) is 11.2. The van der Waals surface area contributed by atoms with Gasteiger partial charge in [0.25, 0.3) is 0 Å². The zero-order valence-electron chi connectivity index (χ0n) is 11.7. The molecule has 0 radical (unpaired) electrons. The van der Waals surface area contributed by atoms with E-state index in [0.29, 0.717) is 11.5 Å². The van der Waals surface area contributed by atoms with Crippen LogP contribution in [0.25, 0.3) is 0 Å². The Morgan fingerprint density at radius 2 is 1.72 bits per heavy atom. The van der Waals surface area contributed by atoms with Gasteiger partial charge in [0, 0.05) is 12.0 Å². The summed E-state index contributed by atoms with van der Waals surface area (Å²) >= 11 is 0. The van der Waals surface area contributed by atoms with Crippen LogP contribution in [0.15, 0.2) is 12.1 Å². The Morgan fingerprint density at radius 3 is 2.22 bits per heavy atom. The van der Waals surface area contributed by atoms with Crippen molar-refractivity contribution >= 4 is 0 Å². The van der Waals surface area contributed by atoms with Crippen LogP contribution in [-0.4, -0.2) is 21.3 Å². The zero-order valence-corrected chi connectivity index (χ0v) is 11.7. The number of rotatable bonds is 5. The lowest BCUT2D eigenvalue weighted by molar-refractivity contribution is 0.321. The molecule has 0 aliphatic carbocycles. The molecule has 98 valence electrons. The monoisotopic (exact) mass is 248 g/mol. The molecule has 1 aromatic rings. The molecule has 0 amide bonds. The summed E-state index contributed by atoms with van der Waals surface area (Å²) in [5.41, 5.74) is 1.08. The fourth-order valence-electron chi connectivity index (χ4n) is 1.88. The average Bonchev–Trinajstić information content (AvgIpc) is 2.42. The van der Waals surface area contributed by atoms with Gasteiger partial charge >= 0.3 is 0 Å². The molecule has 1 rings (SSSR count). The van der Waals surface area contributed by atoms with Gasteiger partial charge in [-0.15, -0.1) is 11.8 Å². The molecule has 0 saturated heterocycles. The van der Waals surface area contributed by atoms with Crippen molar-refractivity contribution in [1.82, 2.24) is 0 Å². The molecule has 18 heavy (non-hydrogen) atoms. The van der Waals surface area contributed by atoms with Crippen molar-refractivity contribution in [3.8, 4) is 29.1 Å². The topological polar surface area (TPSA) is 27.7 Å². The predicted molar refractivity (Wildman–Crippen MR) is 72.6 cm³/mol. The molecule has 0 spiro atoms. The van der Waals surface area contributed by atoms with Crippen molar-refractivity contribution in [3.05, 3.63) is 17.7 Å². The van der Waals surface area contributed by atoms with Crippen molar-refractivity contribution in [3.63, 3.8) is 0 Å². The van der Waals surface area contributed by atoms with Crippen molar-refractivity contribution in [1.29, 1.82) is 0 Å². The summed E-state index contributed by atoms with van der Waals surface area (Å²) in [5, 5.41) is 0. The van der Waals surface area contributed by atoms with Crippen LogP contribution in [0.5, 0.6) is 17.2 Å². The molecule has 1 unspecified atom stereocenters. The van der Waals surface area contributed by atoms with Crippen molar-refractivity contribution in [2.45, 2.75) is 26.2 Å². The third-order valence-electron chi connectivity index (χ3n) is 2.85. The van der Waals surface area contributed by atoms with E-state index in [4.69, 9.17) is 14.2 Å². The molecule has 0 fully saturated rings. The molecule has 0 aliphatic heterocycles. The summed E-state index contributed by atoms with van der Waals surface area (Å²) in [5.74, 6) is 8.31. The highest BCUT2D eigenvalue weighted by Crippen LogP contribution is 2.42. The molecule has 0 aliphatic rings. The maximum Gasteiger partial charge on any atom is 0.203 e. The Bertz CT molecular complexity index is 455. The van der Waals surface area contributed by atoms with E-state index in [-0.39, 0.29) is 5.92 Å². The van der Waals surface area contributed by atoms with Crippen LogP contribution in [0.4, 0.5) is 0 Å². The standard InChI is InChI=1S/C15H20O3/c1-6-7-8-11(2)12-9-10-13(16-3)15(18-5)14(12)17-4/h9-11H,8H2,1-5H3. The molecule has 0 bridgehead atoms. The fraction of sp³-hybridized carbons (Fsp3) is 0.467. The molecule has 0 aromatic heterocycles. The molecule has 0 N–H and O–H groups in total. The van der Waals surface area contributed by atoms with Crippen LogP contribution in [0, 0.1) is 11.8 Å². The first-order valence-corrected chi connectivity index (χ1v) is 5.88. The first-order valence-electron chi connectivity index (χ1n) is 5.88. The smallest absolute Gasteiger partial charge is 0.203 e. The molecule has 0 saturated carbocycles. The van der Waals surface area contributed by atoms with Gasteiger partial charge in [0.15, 0.2) is 11.5 Å². The van der Waals surface area contributed by atoms with E-state index in [1.165, 1.54) is 0 Å². The van der Waals surface area contributed by atoms with Gasteiger partial charge in [-0.05, 0) is 18.9 Å². The van der Waals surface area contributed by atoms with Crippen LogP contribution in [0.2, 0.25) is 0 Å². The second-order valence-electron chi connectivity index (χ2n) is 3.96. The van der Waals surface area contributed by atoms with Gasteiger partial charge in [0.1, 0.15) is 0 Å². The first kappa shape index (κ1) is 14.2. The summed E-state index contributed by atoms with van der Waals surface area (Å²) < 4.78 is 16.1. The summed E-state index contributed by atoms with van der Waals surface area (Å²) in [4.78, 5) is 0. The Balaban J connectivity index is 3.22. The second kappa shape index (κ2) is 6.80. The number of hydrogen-bond acceptors (Lipinski definition) is 3.